The number of alkyl carbamates (subject to hydrolysis) is 2. The SMILES string of the molecule is COCO[C@H]1[C@H](C)C23CCC(=O)C2[C@@](C)([C@H](C)CC3)[C@H](OC(=O)NC(=O)[C@H]2CN(C)CC[C@@H]2C)C[C@@]1(C)C=NOC.CON=C[C@]1(C)C[C@@H](OC(=O)NC(=O)[C@H]2CN(C)CC[C@@H]2C)[C@@]2(C)C3C(=O)CCC3(CC[C@H]2C)[C@@H](C)[C@@H]1O. The maximum atomic E-state index is 13.8. The van der Waals surface area contributed by atoms with E-state index in [0.717, 1.165) is 64.5 Å². The number of hydrogen-bond acceptors (Lipinski definition) is 17. The first-order valence-corrected chi connectivity index (χ1v) is 29.5. The number of carbonyl (C=O) groups excluding carboxylic acids is 6. The molecular formula is C60H98N6O13. The minimum absolute atomic E-state index is 0.00960. The minimum Gasteiger partial charge on any atom is -0.445 e. The van der Waals surface area contributed by atoms with E-state index in [1.807, 2.05) is 34.9 Å². The molecule has 8 fully saturated rings. The number of oxime groups is 2. The number of methoxy groups -OCH3 is 1. The average molecular weight is 1110 g/mol. The number of nitrogens with zero attached hydrogens (tertiary/aromatic N) is 4. The highest BCUT2D eigenvalue weighted by atomic mass is 16.7. The number of carbonyl (C=O) groups is 6. The van der Waals surface area contributed by atoms with Gasteiger partial charge in [-0.3, -0.25) is 29.8 Å². The molecule has 8 aliphatic rings. The summed E-state index contributed by atoms with van der Waals surface area (Å²) in [5.74, 6) is -1.00. The maximum Gasteiger partial charge on any atom is 0.414 e. The van der Waals surface area contributed by atoms with E-state index in [2.05, 4.69) is 79.2 Å². The molecule has 2 saturated heterocycles. The van der Waals surface area contributed by atoms with Gasteiger partial charge < -0.3 is 43.5 Å². The Labute approximate surface area is 470 Å². The van der Waals surface area contributed by atoms with Gasteiger partial charge in [0.05, 0.1) is 36.5 Å². The van der Waals surface area contributed by atoms with Crippen LogP contribution in [0.5, 0.6) is 0 Å². The predicted molar refractivity (Wildman–Crippen MR) is 297 cm³/mol. The van der Waals surface area contributed by atoms with Crippen LogP contribution in [0.1, 0.15) is 146 Å². The summed E-state index contributed by atoms with van der Waals surface area (Å²) < 4.78 is 24.2. The van der Waals surface area contributed by atoms with Crippen molar-refractivity contribution >= 4 is 48.0 Å². The van der Waals surface area contributed by atoms with Crippen molar-refractivity contribution in [1.82, 2.24) is 20.4 Å². The third-order valence-electron chi connectivity index (χ3n) is 22.8. The lowest BCUT2D eigenvalue weighted by molar-refractivity contribution is -0.210. The number of ether oxygens (including phenoxy) is 4. The van der Waals surface area contributed by atoms with Crippen molar-refractivity contribution in [3.8, 4) is 0 Å². The second kappa shape index (κ2) is 24.4. The molecule has 0 aromatic rings. The van der Waals surface area contributed by atoms with Gasteiger partial charge in [-0.05, 0) is 138 Å². The van der Waals surface area contributed by atoms with Crippen LogP contribution in [0, 0.1) is 91.7 Å². The average Bonchev–Trinajstić information content (AvgIpc) is 3.53. The molecule has 2 heterocycles. The molecule has 8 rings (SSSR count). The van der Waals surface area contributed by atoms with Gasteiger partial charge in [-0.1, -0.05) is 79.5 Å². The monoisotopic (exact) mass is 1110 g/mol. The van der Waals surface area contributed by atoms with E-state index in [9.17, 15) is 33.9 Å². The fraction of sp³-hybridized carbons (Fsp3) is 0.867. The van der Waals surface area contributed by atoms with E-state index in [-0.39, 0.29) is 113 Å². The van der Waals surface area contributed by atoms with Gasteiger partial charge >= 0.3 is 12.2 Å². The van der Waals surface area contributed by atoms with Gasteiger partial charge in [0.15, 0.2) is 0 Å². The zero-order valence-corrected chi connectivity index (χ0v) is 50.4. The third-order valence-corrected chi connectivity index (χ3v) is 22.8. The Bertz CT molecular complexity index is 2300. The first-order valence-electron chi connectivity index (χ1n) is 29.5. The van der Waals surface area contributed by atoms with Crippen LogP contribution in [0.3, 0.4) is 0 Å². The molecule has 4 unspecified atom stereocenters. The molecule has 4 amide bonds. The van der Waals surface area contributed by atoms with Crippen molar-refractivity contribution in [2.45, 2.75) is 171 Å². The van der Waals surface area contributed by atoms with Gasteiger partial charge in [-0.2, -0.15) is 0 Å². The normalized spacial score (nSPS) is 44.4. The number of Topliss-reactive ketones (excluding diaryl/α,β-unsaturated/α-hetero) is 2. The van der Waals surface area contributed by atoms with E-state index in [1.165, 1.54) is 14.2 Å². The van der Waals surface area contributed by atoms with Crippen LogP contribution in [0.25, 0.3) is 0 Å². The van der Waals surface area contributed by atoms with Gasteiger partial charge in [-0.25, -0.2) is 9.59 Å². The van der Waals surface area contributed by atoms with Crippen molar-refractivity contribution < 1.29 is 62.5 Å². The fourth-order valence-corrected chi connectivity index (χ4v) is 17.5. The highest BCUT2D eigenvalue weighted by Crippen LogP contribution is 2.69. The largest absolute Gasteiger partial charge is 0.445 e. The summed E-state index contributed by atoms with van der Waals surface area (Å²) in [6.45, 7) is 23.9. The van der Waals surface area contributed by atoms with Crippen LogP contribution in [0.4, 0.5) is 9.59 Å². The summed E-state index contributed by atoms with van der Waals surface area (Å²) in [6.07, 6.45) is 7.65. The first-order chi connectivity index (χ1) is 37.1. The van der Waals surface area contributed by atoms with Gasteiger partial charge in [0.1, 0.15) is 44.8 Å². The molecule has 19 heteroatoms. The maximum absolute atomic E-state index is 13.8. The summed E-state index contributed by atoms with van der Waals surface area (Å²) in [4.78, 5) is 94.9. The number of hydrogen-bond donors (Lipinski definition) is 3. The molecule has 4 bridgehead atoms. The minimum atomic E-state index is -0.868. The molecule has 3 N–H and O–H groups in total. The van der Waals surface area contributed by atoms with Gasteiger partial charge in [0, 0.05) is 66.5 Å². The lowest BCUT2D eigenvalue weighted by atomic mass is 9.44. The van der Waals surface area contributed by atoms with Crippen molar-refractivity contribution in [2.75, 3.05) is 68.4 Å². The van der Waals surface area contributed by atoms with E-state index in [4.69, 9.17) is 28.6 Å². The summed E-state index contributed by atoms with van der Waals surface area (Å²) in [5.41, 5.74) is -3.56. The van der Waals surface area contributed by atoms with Crippen LogP contribution in [0.15, 0.2) is 10.3 Å². The number of aliphatic hydroxyl groups excluding tert-OH is 1. The second-order valence-corrected chi connectivity index (χ2v) is 27.2. The van der Waals surface area contributed by atoms with E-state index >= 15 is 0 Å². The number of ketones is 2. The van der Waals surface area contributed by atoms with Gasteiger partial charge in [0.2, 0.25) is 11.8 Å². The summed E-state index contributed by atoms with van der Waals surface area (Å²) in [5, 5.41) is 25.1. The first kappa shape index (κ1) is 62.6. The smallest absolute Gasteiger partial charge is 0.414 e. The molecule has 0 radical (unpaired) electrons. The molecule has 0 aromatic heterocycles. The molecule has 6 aliphatic carbocycles. The standard InChI is InChI=1S/C31H51N3O7.C29H47N3O6/c1-19-11-14-34(6)16-22(19)27(36)33-28(37)41-24-15-29(4,17-32-39-8)26(40-18-38-7)21(3)31-12-9-20(2)30(24,5)25(31)23(35)10-13-31;1-17-10-13-32(6)15-20(17)25(35)31-26(36)38-22-14-27(4,16-30-37-7)24(34)19(3)29-11-8-18(2)28(22,5)23(29)21(33)9-12-29/h17,19-22,24-26H,9-16,18H2,1-8H3,(H,33,36,37);16-20,22-24,34H,8-15H2,1-7H3,(H,31,35,36)/t19-,20+,21-,22-,24+,25?,26-,29-,30-,31?;17-,18+,19-,20-,22+,23?,24-,27-,28-,29?/m00/s1. The lowest BCUT2D eigenvalue weighted by Crippen LogP contribution is -2.64. The topological polar surface area (TPSA) is 233 Å². The second-order valence-electron chi connectivity index (χ2n) is 27.2. The van der Waals surface area contributed by atoms with Crippen molar-refractivity contribution in [1.29, 1.82) is 0 Å². The Morgan fingerprint density at radius 3 is 1.48 bits per heavy atom. The highest BCUT2D eigenvalue weighted by Gasteiger charge is 2.70. The number of aliphatic hydroxyl groups is 1. The van der Waals surface area contributed by atoms with E-state index in [0.29, 0.717) is 32.4 Å². The Balaban J connectivity index is 0.000000229. The predicted octanol–water partition coefficient (Wildman–Crippen LogP) is 7.90. The van der Waals surface area contributed by atoms with Crippen LogP contribution < -0.4 is 10.6 Å². The van der Waals surface area contributed by atoms with Crippen molar-refractivity contribution in [2.24, 2.45) is 102 Å². The zero-order chi connectivity index (χ0) is 58.2. The molecule has 6 saturated carbocycles. The lowest BCUT2D eigenvalue weighted by Gasteiger charge is -2.62. The van der Waals surface area contributed by atoms with Crippen LogP contribution >= 0.6 is 0 Å². The van der Waals surface area contributed by atoms with Gasteiger partial charge in [-0.15, -0.1) is 0 Å². The molecule has 79 heavy (non-hydrogen) atoms. The number of likely N-dealkylation sites (tertiary alicyclic amines) is 2. The Morgan fingerprint density at radius 2 is 1.05 bits per heavy atom. The molecule has 0 aromatic carbocycles. The quantitative estimate of drug-likeness (QED) is 0.101. The number of amides is 4. The molecule has 2 aliphatic heterocycles. The summed E-state index contributed by atoms with van der Waals surface area (Å²) in [7, 11) is 8.50. The third kappa shape index (κ3) is 11.6. The molecule has 20 atom stereocenters. The Kier molecular flexibility index (Phi) is 19.3. The van der Waals surface area contributed by atoms with Crippen LogP contribution in [-0.4, -0.2) is 156 Å². The van der Waals surface area contributed by atoms with Crippen molar-refractivity contribution in [3.05, 3.63) is 0 Å². The molecule has 0 spiro atoms. The summed E-state index contributed by atoms with van der Waals surface area (Å²) >= 11 is 0. The molecule has 19 nitrogen and oxygen atoms in total. The van der Waals surface area contributed by atoms with Gasteiger partial charge in [0.25, 0.3) is 0 Å². The highest BCUT2D eigenvalue weighted by molar-refractivity contribution is 5.94. The van der Waals surface area contributed by atoms with E-state index < -0.39 is 52.2 Å². The number of nitrogens with one attached hydrogen (secondary N) is 2. The number of piperidine rings is 2. The van der Waals surface area contributed by atoms with Crippen LogP contribution in [-0.2, 0) is 47.8 Å². The molecular weight excluding hydrogens is 1010 g/mol. The fourth-order valence-electron chi connectivity index (χ4n) is 17.5. The van der Waals surface area contributed by atoms with Crippen LogP contribution in [0.2, 0.25) is 0 Å². The van der Waals surface area contributed by atoms with E-state index in [1.54, 1.807) is 19.5 Å². The molecule has 446 valence electrons. The van der Waals surface area contributed by atoms with Crippen molar-refractivity contribution in [3.63, 3.8) is 0 Å². The Morgan fingerprint density at radius 1 is 0.633 bits per heavy atom. The zero-order valence-electron chi connectivity index (χ0n) is 50.4. The Hall–Kier alpha value is -4.04. The number of imide groups is 2. The summed E-state index contributed by atoms with van der Waals surface area (Å²) in [6, 6.07) is 0. The number of rotatable bonds is 11.